The van der Waals surface area contributed by atoms with Crippen LogP contribution in [0, 0.1) is 5.82 Å². The summed E-state index contributed by atoms with van der Waals surface area (Å²) in [6, 6.07) is 5.00. The topological polar surface area (TPSA) is 12.0 Å². The second-order valence-electron chi connectivity index (χ2n) is 3.84. The summed E-state index contributed by atoms with van der Waals surface area (Å²) >= 11 is 5.92. The molecular weight excluding hydrogens is 213 g/mol. The molecule has 1 N–H and O–H groups in total. The van der Waals surface area contributed by atoms with Gasteiger partial charge in [-0.15, -0.1) is 0 Å². The van der Waals surface area contributed by atoms with E-state index in [-0.39, 0.29) is 17.8 Å². The van der Waals surface area contributed by atoms with Crippen molar-refractivity contribution < 1.29 is 4.39 Å². The summed E-state index contributed by atoms with van der Waals surface area (Å²) in [5, 5.41) is 4.05. The van der Waals surface area contributed by atoms with Gasteiger partial charge in [0, 0.05) is 16.6 Å². The second-order valence-corrected chi connectivity index (χ2v) is 4.27. The van der Waals surface area contributed by atoms with Crippen LogP contribution in [0.2, 0.25) is 0 Å². The minimum atomic E-state index is -0.190. The predicted octanol–water partition coefficient (Wildman–Crippen LogP) is 3.40. The maximum atomic E-state index is 13.1. The van der Waals surface area contributed by atoms with Gasteiger partial charge in [0.15, 0.2) is 0 Å². The van der Waals surface area contributed by atoms with Gasteiger partial charge < -0.3 is 5.32 Å². The first-order valence-corrected chi connectivity index (χ1v) is 5.23. The summed E-state index contributed by atoms with van der Waals surface area (Å²) in [5.74, 6) is 0.0171. The predicted molar refractivity (Wildman–Crippen MR) is 59.6 cm³/mol. The molecule has 1 aromatic carbocycles. The molecule has 0 fully saturated rings. The number of hydrogen-bond acceptors (Lipinski definition) is 1. The summed E-state index contributed by atoms with van der Waals surface area (Å²) < 4.78 is 13.1. The van der Waals surface area contributed by atoms with Gasteiger partial charge in [0.2, 0.25) is 0 Å². The van der Waals surface area contributed by atoms with Crippen molar-refractivity contribution in [2.75, 3.05) is 5.32 Å². The lowest BCUT2D eigenvalue weighted by Gasteiger charge is -2.17. The Balaban J connectivity index is 2.08. The molecule has 1 nitrogen and oxygen atoms in total. The molecule has 1 aromatic rings. The van der Waals surface area contributed by atoms with E-state index in [9.17, 15) is 4.39 Å². The van der Waals surface area contributed by atoms with Crippen LogP contribution in [0.5, 0.6) is 0 Å². The van der Waals surface area contributed by atoms with Gasteiger partial charge in [0.25, 0.3) is 0 Å². The van der Waals surface area contributed by atoms with Crippen molar-refractivity contribution in [3.8, 4) is 0 Å². The van der Waals surface area contributed by atoms with Crippen LogP contribution >= 0.6 is 11.6 Å². The fourth-order valence-electron chi connectivity index (χ4n) is 2.19. The van der Waals surface area contributed by atoms with E-state index < -0.39 is 0 Å². The average Bonchev–Trinajstić information content (AvgIpc) is 2.54. The van der Waals surface area contributed by atoms with Gasteiger partial charge in [-0.1, -0.05) is 17.7 Å². The Morgan fingerprint density at radius 3 is 3.07 bits per heavy atom. The van der Waals surface area contributed by atoms with E-state index in [0.717, 1.165) is 16.3 Å². The van der Waals surface area contributed by atoms with Crippen LogP contribution in [0.1, 0.15) is 11.5 Å². The standard InChI is InChI=1S/C12H9ClFN/c13-7-1-3-9-10-6-8(14)2-4-11(10)15-12(9)5-7/h1-6,9,12,15H. The molecule has 1 aliphatic heterocycles. The van der Waals surface area contributed by atoms with E-state index in [1.54, 1.807) is 12.1 Å². The average molecular weight is 222 g/mol. The lowest BCUT2D eigenvalue weighted by atomic mass is 9.92. The van der Waals surface area contributed by atoms with E-state index in [0.29, 0.717) is 0 Å². The Labute approximate surface area is 92.2 Å². The van der Waals surface area contributed by atoms with E-state index in [1.807, 2.05) is 18.2 Å². The molecule has 2 atom stereocenters. The SMILES string of the molecule is Fc1ccc2c(c1)C1C=CC(Cl)=CC1N2. The highest BCUT2D eigenvalue weighted by Crippen LogP contribution is 2.40. The molecule has 3 heteroatoms. The molecule has 0 bridgehead atoms. The first kappa shape index (κ1) is 8.98. The largest absolute Gasteiger partial charge is 0.378 e. The third-order valence-electron chi connectivity index (χ3n) is 2.88. The lowest BCUT2D eigenvalue weighted by molar-refractivity contribution is 0.625. The van der Waals surface area contributed by atoms with E-state index in [1.165, 1.54) is 6.07 Å². The Kier molecular flexibility index (Phi) is 1.86. The Morgan fingerprint density at radius 2 is 2.20 bits per heavy atom. The number of anilines is 1. The van der Waals surface area contributed by atoms with Gasteiger partial charge in [0.05, 0.1) is 6.04 Å². The van der Waals surface area contributed by atoms with Crippen LogP contribution in [0.4, 0.5) is 10.1 Å². The number of benzene rings is 1. The molecule has 1 heterocycles. The first-order valence-electron chi connectivity index (χ1n) is 4.85. The monoisotopic (exact) mass is 221 g/mol. The van der Waals surface area contributed by atoms with E-state index in [2.05, 4.69) is 5.32 Å². The number of fused-ring (bicyclic) bond motifs is 3. The summed E-state index contributed by atoms with van der Waals surface area (Å²) in [6.07, 6.45) is 5.85. The quantitative estimate of drug-likeness (QED) is 0.708. The van der Waals surface area contributed by atoms with E-state index in [4.69, 9.17) is 11.6 Å². The Hall–Kier alpha value is -1.28. The molecule has 3 rings (SSSR count). The maximum Gasteiger partial charge on any atom is 0.123 e. The molecular formula is C12H9ClFN. The molecule has 2 unspecified atom stereocenters. The zero-order valence-corrected chi connectivity index (χ0v) is 8.63. The molecule has 15 heavy (non-hydrogen) atoms. The molecule has 0 saturated heterocycles. The highest BCUT2D eigenvalue weighted by atomic mass is 35.5. The van der Waals surface area contributed by atoms with Crippen molar-refractivity contribution >= 4 is 17.3 Å². The highest BCUT2D eigenvalue weighted by Gasteiger charge is 2.30. The van der Waals surface area contributed by atoms with Crippen molar-refractivity contribution in [2.45, 2.75) is 12.0 Å². The normalized spacial score (nSPS) is 26.7. The van der Waals surface area contributed by atoms with Gasteiger partial charge in [-0.3, -0.25) is 0 Å². The number of hydrogen-bond donors (Lipinski definition) is 1. The molecule has 0 saturated carbocycles. The third-order valence-corrected chi connectivity index (χ3v) is 3.14. The molecule has 2 aliphatic rings. The van der Waals surface area contributed by atoms with Gasteiger partial charge >= 0.3 is 0 Å². The summed E-state index contributed by atoms with van der Waals surface area (Å²) in [5.41, 5.74) is 2.01. The van der Waals surface area contributed by atoms with Crippen LogP contribution in [-0.2, 0) is 0 Å². The van der Waals surface area contributed by atoms with Crippen LogP contribution < -0.4 is 5.32 Å². The number of nitrogens with one attached hydrogen (secondary N) is 1. The molecule has 0 amide bonds. The third kappa shape index (κ3) is 1.37. The fraction of sp³-hybridized carbons (Fsp3) is 0.167. The van der Waals surface area contributed by atoms with E-state index >= 15 is 0 Å². The van der Waals surface area contributed by atoms with Gasteiger partial charge in [0.1, 0.15) is 5.82 Å². The minimum absolute atomic E-state index is 0.166. The zero-order chi connectivity index (χ0) is 10.4. The summed E-state index contributed by atoms with van der Waals surface area (Å²) in [7, 11) is 0. The molecule has 1 aliphatic carbocycles. The van der Waals surface area contributed by atoms with Gasteiger partial charge in [-0.25, -0.2) is 4.39 Å². The highest BCUT2D eigenvalue weighted by molar-refractivity contribution is 6.31. The number of allylic oxidation sites excluding steroid dienone is 2. The van der Waals surface area contributed by atoms with Crippen molar-refractivity contribution in [3.05, 3.63) is 52.8 Å². The lowest BCUT2D eigenvalue weighted by Crippen LogP contribution is -2.18. The molecule has 76 valence electrons. The fourth-order valence-corrected chi connectivity index (χ4v) is 2.40. The summed E-state index contributed by atoms with van der Waals surface area (Å²) in [6.45, 7) is 0. The minimum Gasteiger partial charge on any atom is -0.378 e. The van der Waals surface area contributed by atoms with Crippen LogP contribution in [-0.4, -0.2) is 6.04 Å². The number of halogens is 2. The van der Waals surface area contributed by atoms with Crippen molar-refractivity contribution in [3.63, 3.8) is 0 Å². The smallest absolute Gasteiger partial charge is 0.123 e. The molecule has 0 aromatic heterocycles. The van der Waals surface area contributed by atoms with Crippen LogP contribution in [0.25, 0.3) is 0 Å². The van der Waals surface area contributed by atoms with Crippen molar-refractivity contribution in [1.29, 1.82) is 0 Å². The first-order chi connectivity index (χ1) is 7.24. The van der Waals surface area contributed by atoms with Gasteiger partial charge in [-0.05, 0) is 35.9 Å². The Morgan fingerprint density at radius 1 is 1.33 bits per heavy atom. The molecule has 0 radical (unpaired) electrons. The van der Waals surface area contributed by atoms with Crippen molar-refractivity contribution in [1.82, 2.24) is 0 Å². The van der Waals surface area contributed by atoms with Crippen LogP contribution in [0.3, 0.4) is 0 Å². The summed E-state index contributed by atoms with van der Waals surface area (Å²) in [4.78, 5) is 0. The maximum absolute atomic E-state index is 13.1. The Bertz CT molecular complexity index is 479. The van der Waals surface area contributed by atoms with Crippen molar-refractivity contribution in [2.24, 2.45) is 0 Å². The second kappa shape index (κ2) is 3.11. The van der Waals surface area contributed by atoms with Gasteiger partial charge in [-0.2, -0.15) is 0 Å². The zero-order valence-electron chi connectivity index (χ0n) is 7.87. The van der Waals surface area contributed by atoms with Crippen LogP contribution in [0.15, 0.2) is 41.5 Å². The number of rotatable bonds is 0. The molecule has 0 spiro atoms.